The number of hydrogen-bond donors (Lipinski definition) is 2. The number of likely N-dealkylation sites (tertiary alicyclic amines) is 1. The van der Waals surface area contributed by atoms with Gasteiger partial charge in [-0.2, -0.15) is 0 Å². The molecule has 0 aromatic heterocycles. The number of amides is 1. The lowest BCUT2D eigenvalue weighted by atomic mass is 9.52. The van der Waals surface area contributed by atoms with Gasteiger partial charge in [-0.1, -0.05) is 56.2 Å². The fourth-order valence-electron chi connectivity index (χ4n) is 5.92. The van der Waals surface area contributed by atoms with E-state index in [9.17, 15) is 19.8 Å². The number of carbonyl (C=O) groups is 2. The van der Waals surface area contributed by atoms with Crippen LogP contribution in [0.5, 0.6) is 0 Å². The monoisotopic (exact) mass is 413 g/mol. The zero-order valence-electron chi connectivity index (χ0n) is 18.8. The molecule has 3 rings (SSSR count). The Morgan fingerprint density at radius 3 is 2.60 bits per heavy atom. The van der Waals surface area contributed by atoms with Crippen LogP contribution in [-0.4, -0.2) is 46.5 Å². The van der Waals surface area contributed by atoms with Gasteiger partial charge in [0.25, 0.3) is 5.91 Å². The number of likely N-dealkylation sites (N-methyl/N-ethyl adjacent to an activating group) is 1. The summed E-state index contributed by atoms with van der Waals surface area (Å²) in [6, 6.07) is -0.919. The molecule has 3 aliphatic rings. The van der Waals surface area contributed by atoms with E-state index in [4.69, 9.17) is 0 Å². The summed E-state index contributed by atoms with van der Waals surface area (Å²) >= 11 is 0. The third-order valence-electron chi connectivity index (χ3n) is 7.62. The standard InChI is InChI=1S/C25H35NO4/c1-6-7-8-9-18-16(3)13-17-12-15(2)10-11-19(17)25(18,4)23(29)21-22(28)20(14-27)26(5)24(21)30/h6-9,13,15,17-20,27,29H,10-12,14H2,1-5H3/b7-6+,9-8-,23-21-/t15-,17+,18-,19-,20+,25-/m0/s1. The van der Waals surface area contributed by atoms with Gasteiger partial charge in [0.15, 0.2) is 5.78 Å². The third-order valence-corrected chi connectivity index (χ3v) is 7.62. The van der Waals surface area contributed by atoms with Gasteiger partial charge >= 0.3 is 0 Å². The van der Waals surface area contributed by atoms with E-state index in [-0.39, 0.29) is 23.2 Å². The van der Waals surface area contributed by atoms with Gasteiger partial charge in [0.2, 0.25) is 0 Å². The van der Waals surface area contributed by atoms with E-state index in [0.717, 1.165) is 24.8 Å². The summed E-state index contributed by atoms with van der Waals surface area (Å²) in [6.07, 6.45) is 13.4. The lowest BCUT2D eigenvalue weighted by Crippen LogP contribution is -2.46. The molecule has 5 heteroatoms. The molecule has 1 heterocycles. The van der Waals surface area contributed by atoms with Gasteiger partial charge in [0.05, 0.1) is 6.61 Å². The summed E-state index contributed by atoms with van der Waals surface area (Å²) in [5.41, 5.74) is 0.259. The summed E-state index contributed by atoms with van der Waals surface area (Å²) in [5, 5.41) is 21.2. The number of hydrogen-bond acceptors (Lipinski definition) is 4. The van der Waals surface area contributed by atoms with Gasteiger partial charge in [-0.25, -0.2) is 0 Å². The number of nitrogens with zero attached hydrogens (tertiary/aromatic N) is 1. The minimum Gasteiger partial charge on any atom is -0.511 e. The fourth-order valence-corrected chi connectivity index (χ4v) is 5.92. The lowest BCUT2D eigenvalue weighted by molar-refractivity contribution is -0.126. The minimum atomic E-state index is -0.919. The molecule has 2 N–H and O–H groups in total. The first kappa shape index (κ1) is 22.5. The Balaban J connectivity index is 2.19. The van der Waals surface area contributed by atoms with Crippen LogP contribution in [0.1, 0.15) is 47.0 Å². The molecule has 6 atom stereocenters. The van der Waals surface area contributed by atoms with E-state index < -0.39 is 29.8 Å². The Hall–Kier alpha value is -2.14. The molecule has 0 radical (unpaired) electrons. The first-order chi connectivity index (χ1) is 14.2. The number of aliphatic hydroxyl groups is 2. The molecule has 164 valence electrons. The average molecular weight is 414 g/mol. The Morgan fingerprint density at radius 2 is 2.00 bits per heavy atom. The summed E-state index contributed by atoms with van der Waals surface area (Å²) in [6.45, 7) is 7.86. The van der Waals surface area contributed by atoms with Gasteiger partial charge in [0, 0.05) is 18.4 Å². The van der Waals surface area contributed by atoms with Gasteiger partial charge in [-0.3, -0.25) is 9.59 Å². The Labute approximate surface area is 179 Å². The van der Waals surface area contributed by atoms with E-state index in [0.29, 0.717) is 11.8 Å². The topological polar surface area (TPSA) is 77.8 Å². The van der Waals surface area contributed by atoms with Crippen LogP contribution in [0.15, 0.2) is 47.3 Å². The highest BCUT2D eigenvalue weighted by Crippen LogP contribution is 2.58. The SMILES string of the molecule is C/C=C/C=C\[C@H]1C(C)=C[C@H]2C[C@@H](C)CC[C@@H]2[C@@]1(C)/C(O)=C1\C(=O)[C@@H](CO)N(C)C1=O. The second kappa shape index (κ2) is 8.54. The predicted molar refractivity (Wildman–Crippen MR) is 118 cm³/mol. The molecule has 2 fully saturated rings. The first-order valence-electron chi connectivity index (χ1n) is 11.0. The molecular formula is C25H35NO4. The molecule has 30 heavy (non-hydrogen) atoms. The van der Waals surface area contributed by atoms with Crippen molar-refractivity contribution in [1.29, 1.82) is 0 Å². The zero-order chi connectivity index (χ0) is 22.2. The summed E-state index contributed by atoms with van der Waals surface area (Å²) in [7, 11) is 1.50. The average Bonchev–Trinajstić information content (AvgIpc) is 2.91. The van der Waals surface area contributed by atoms with Crippen molar-refractivity contribution in [3.63, 3.8) is 0 Å². The van der Waals surface area contributed by atoms with Gasteiger partial charge in [-0.15, -0.1) is 0 Å². The van der Waals surface area contributed by atoms with E-state index in [2.05, 4.69) is 26.0 Å². The third kappa shape index (κ3) is 3.47. The molecular weight excluding hydrogens is 378 g/mol. The van der Waals surface area contributed by atoms with Crippen molar-refractivity contribution >= 4 is 11.7 Å². The zero-order valence-corrected chi connectivity index (χ0v) is 18.8. The molecule has 1 aliphatic heterocycles. The van der Waals surface area contributed by atoms with E-state index >= 15 is 0 Å². The fraction of sp³-hybridized carbons (Fsp3) is 0.600. The second-order valence-corrected chi connectivity index (χ2v) is 9.47. The van der Waals surface area contributed by atoms with Crippen LogP contribution in [0.3, 0.4) is 0 Å². The molecule has 1 saturated heterocycles. The highest BCUT2D eigenvalue weighted by molar-refractivity contribution is 6.26. The second-order valence-electron chi connectivity index (χ2n) is 9.47. The van der Waals surface area contributed by atoms with E-state index in [1.54, 1.807) is 0 Å². The van der Waals surface area contributed by atoms with Crippen molar-refractivity contribution in [2.24, 2.45) is 29.1 Å². The van der Waals surface area contributed by atoms with Crippen molar-refractivity contribution in [1.82, 2.24) is 4.90 Å². The molecule has 1 saturated carbocycles. The maximum Gasteiger partial charge on any atom is 0.261 e. The van der Waals surface area contributed by atoms with Crippen LogP contribution in [0.25, 0.3) is 0 Å². The van der Waals surface area contributed by atoms with E-state index in [1.807, 2.05) is 32.1 Å². The van der Waals surface area contributed by atoms with Crippen molar-refractivity contribution in [2.45, 2.75) is 53.0 Å². The summed E-state index contributed by atoms with van der Waals surface area (Å²) < 4.78 is 0. The van der Waals surface area contributed by atoms with Crippen LogP contribution in [0.2, 0.25) is 0 Å². The lowest BCUT2D eigenvalue weighted by Gasteiger charge is -2.52. The largest absolute Gasteiger partial charge is 0.511 e. The number of rotatable bonds is 4. The van der Waals surface area contributed by atoms with Gasteiger partial charge in [0.1, 0.15) is 17.4 Å². The summed E-state index contributed by atoms with van der Waals surface area (Å²) in [5.74, 6) is -0.128. The van der Waals surface area contributed by atoms with E-state index in [1.165, 1.54) is 11.9 Å². The van der Waals surface area contributed by atoms with Crippen LogP contribution in [0, 0.1) is 29.1 Å². The molecule has 2 aliphatic carbocycles. The molecule has 0 spiro atoms. The normalized spacial score (nSPS) is 39.1. The number of fused-ring (bicyclic) bond motifs is 1. The Morgan fingerprint density at radius 1 is 1.30 bits per heavy atom. The first-order valence-corrected chi connectivity index (χ1v) is 11.0. The van der Waals surface area contributed by atoms with Gasteiger partial charge < -0.3 is 15.1 Å². The Kier molecular flexibility index (Phi) is 6.42. The Bertz CT molecular complexity index is 836. The summed E-state index contributed by atoms with van der Waals surface area (Å²) in [4.78, 5) is 27.1. The highest BCUT2D eigenvalue weighted by Gasteiger charge is 2.55. The minimum absolute atomic E-state index is 0.104. The van der Waals surface area contributed by atoms with Crippen LogP contribution < -0.4 is 0 Å². The smallest absolute Gasteiger partial charge is 0.261 e. The van der Waals surface area contributed by atoms with Crippen molar-refractivity contribution in [3.8, 4) is 0 Å². The van der Waals surface area contributed by atoms with Crippen LogP contribution in [-0.2, 0) is 9.59 Å². The van der Waals surface area contributed by atoms with Crippen molar-refractivity contribution < 1.29 is 19.8 Å². The molecule has 1 amide bonds. The quantitative estimate of drug-likeness (QED) is 0.240. The van der Waals surface area contributed by atoms with Crippen molar-refractivity contribution in [3.05, 3.63) is 47.3 Å². The number of ketones is 1. The molecule has 5 nitrogen and oxygen atoms in total. The predicted octanol–water partition coefficient (Wildman–Crippen LogP) is 3.97. The maximum absolute atomic E-state index is 13.0. The van der Waals surface area contributed by atoms with Crippen LogP contribution in [0.4, 0.5) is 0 Å². The number of allylic oxidation sites excluding steroid dienone is 7. The number of aliphatic hydroxyl groups excluding tert-OH is 2. The molecule has 0 unspecified atom stereocenters. The van der Waals surface area contributed by atoms with Gasteiger partial charge in [-0.05, 0) is 44.4 Å². The van der Waals surface area contributed by atoms with Crippen molar-refractivity contribution in [2.75, 3.05) is 13.7 Å². The molecule has 0 aromatic carbocycles. The highest BCUT2D eigenvalue weighted by atomic mass is 16.3. The molecule has 0 aromatic rings. The number of carbonyl (C=O) groups excluding carboxylic acids is 2. The maximum atomic E-state index is 13.0. The number of Topliss-reactive ketones (excluding diaryl/α,β-unsaturated/α-hetero) is 1. The van der Waals surface area contributed by atoms with Crippen LogP contribution >= 0.6 is 0 Å². The molecule has 0 bridgehead atoms.